The van der Waals surface area contributed by atoms with E-state index in [4.69, 9.17) is 5.84 Å². The summed E-state index contributed by atoms with van der Waals surface area (Å²) in [6.07, 6.45) is 0. The number of nitrogens with one attached hydrogen (secondary N) is 1. The van der Waals surface area contributed by atoms with Gasteiger partial charge >= 0.3 is 0 Å². The van der Waals surface area contributed by atoms with Gasteiger partial charge in [-0.05, 0) is 45.8 Å². The Morgan fingerprint density at radius 2 is 1.88 bits per heavy atom. The Balaban J connectivity index is 2.32. The van der Waals surface area contributed by atoms with Gasteiger partial charge in [-0.3, -0.25) is 5.84 Å². The van der Waals surface area contributed by atoms with Crippen molar-refractivity contribution in [3.05, 3.63) is 56.4 Å². The van der Waals surface area contributed by atoms with Gasteiger partial charge in [0.15, 0.2) is 0 Å². The first kappa shape index (κ1) is 11.7. The third-order valence-electron chi connectivity index (χ3n) is 2.25. The van der Waals surface area contributed by atoms with Crippen molar-refractivity contribution >= 4 is 27.3 Å². The molecule has 0 spiro atoms. The lowest BCUT2D eigenvalue weighted by Crippen LogP contribution is -2.28. The highest BCUT2D eigenvalue weighted by Crippen LogP contribution is 2.30. The largest absolute Gasteiger partial charge is 0.271 e. The van der Waals surface area contributed by atoms with Crippen molar-refractivity contribution in [2.75, 3.05) is 0 Å². The molecule has 1 atom stereocenters. The molecule has 16 heavy (non-hydrogen) atoms. The molecule has 0 fully saturated rings. The Morgan fingerprint density at radius 1 is 1.19 bits per heavy atom. The molecule has 1 heterocycles. The normalized spacial score (nSPS) is 12.7. The fourth-order valence-electron chi connectivity index (χ4n) is 1.48. The summed E-state index contributed by atoms with van der Waals surface area (Å²) in [6, 6.07) is 10.2. The number of thiophene rings is 1. The van der Waals surface area contributed by atoms with Crippen LogP contribution in [0.3, 0.4) is 0 Å². The summed E-state index contributed by atoms with van der Waals surface area (Å²) in [5, 5.41) is 0. The molecule has 0 saturated carbocycles. The predicted molar refractivity (Wildman–Crippen MR) is 67.6 cm³/mol. The van der Waals surface area contributed by atoms with E-state index in [-0.39, 0.29) is 11.9 Å². The second kappa shape index (κ2) is 5.05. The fraction of sp³-hybridized carbons (Fsp3) is 0.0909. The quantitative estimate of drug-likeness (QED) is 0.675. The molecule has 0 radical (unpaired) electrons. The minimum Gasteiger partial charge on any atom is -0.271 e. The standard InChI is InChI=1S/C11H10BrFN2S/c12-10-6-5-9(16-10)11(15-14)7-1-3-8(13)4-2-7/h1-6,11,15H,14H2. The minimum absolute atomic E-state index is 0.100. The van der Waals surface area contributed by atoms with E-state index in [2.05, 4.69) is 21.4 Å². The van der Waals surface area contributed by atoms with Crippen molar-refractivity contribution in [2.24, 2.45) is 5.84 Å². The van der Waals surface area contributed by atoms with Crippen LogP contribution in [0.5, 0.6) is 0 Å². The van der Waals surface area contributed by atoms with Crippen molar-refractivity contribution in [1.29, 1.82) is 0 Å². The van der Waals surface area contributed by atoms with Crippen molar-refractivity contribution < 1.29 is 4.39 Å². The van der Waals surface area contributed by atoms with Crippen LogP contribution in [0.1, 0.15) is 16.5 Å². The Morgan fingerprint density at radius 3 is 2.38 bits per heavy atom. The van der Waals surface area contributed by atoms with E-state index in [1.165, 1.54) is 12.1 Å². The highest BCUT2D eigenvalue weighted by Gasteiger charge is 2.14. The van der Waals surface area contributed by atoms with Crippen LogP contribution < -0.4 is 11.3 Å². The molecule has 84 valence electrons. The number of hydrogen-bond donors (Lipinski definition) is 2. The van der Waals surface area contributed by atoms with Gasteiger partial charge in [-0.25, -0.2) is 9.82 Å². The average Bonchev–Trinajstić information content (AvgIpc) is 2.69. The van der Waals surface area contributed by atoms with E-state index >= 15 is 0 Å². The van der Waals surface area contributed by atoms with Gasteiger partial charge in [0.25, 0.3) is 0 Å². The first-order valence-electron chi connectivity index (χ1n) is 4.67. The lowest BCUT2D eigenvalue weighted by molar-refractivity contribution is 0.618. The van der Waals surface area contributed by atoms with Crippen LogP contribution in [0.4, 0.5) is 4.39 Å². The summed E-state index contributed by atoms with van der Waals surface area (Å²) in [4.78, 5) is 1.08. The smallest absolute Gasteiger partial charge is 0.123 e. The molecule has 0 saturated heterocycles. The average molecular weight is 301 g/mol. The number of hydrazine groups is 1. The van der Waals surface area contributed by atoms with Gasteiger partial charge in [-0.2, -0.15) is 0 Å². The molecular formula is C11H10BrFN2S. The summed E-state index contributed by atoms with van der Waals surface area (Å²) in [7, 11) is 0. The van der Waals surface area contributed by atoms with Gasteiger partial charge in [0.2, 0.25) is 0 Å². The summed E-state index contributed by atoms with van der Waals surface area (Å²) in [5.74, 6) is 5.29. The van der Waals surface area contributed by atoms with Crippen molar-refractivity contribution in [3.63, 3.8) is 0 Å². The van der Waals surface area contributed by atoms with Crippen molar-refractivity contribution in [1.82, 2.24) is 5.43 Å². The number of nitrogens with two attached hydrogens (primary N) is 1. The number of halogens is 2. The van der Waals surface area contributed by atoms with Gasteiger partial charge in [0, 0.05) is 4.88 Å². The van der Waals surface area contributed by atoms with Gasteiger partial charge in [0.05, 0.1) is 9.83 Å². The maximum absolute atomic E-state index is 12.8. The van der Waals surface area contributed by atoms with Crippen LogP contribution in [0.15, 0.2) is 40.2 Å². The van der Waals surface area contributed by atoms with Crippen LogP contribution in [0, 0.1) is 5.82 Å². The molecule has 2 aromatic rings. The molecule has 5 heteroatoms. The van der Waals surface area contributed by atoms with E-state index in [1.54, 1.807) is 23.5 Å². The molecule has 1 unspecified atom stereocenters. The monoisotopic (exact) mass is 300 g/mol. The van der Waals surface area contributed by atoms with Gasteiger partial charge < -0.3 is 0 Å². The van der Waals surface area contributed by atoms with Crippen LogP contribution in [0.25, 0.3) is 0 Å². The van der Waals surface area contributed by atoms with Crippen LogP contribution >= 0.6 is 27.3 Å². The fourth-order valence-corrected chi connectivity index (χ4v) is 2.99. The first-order valence-corrected chi connectivity index (χ1v) is 6.28. The zero-order chi connectivity index (χ0) is 11.5. The van der Waals surface area contributed by atoms with E-state index in [1.807, 2.05) is 12.1 Å². The summed E-state index contributed by atoms with van der Waals surface area (Å²) in [6.45, 7) is 0. The minimum atomic E-state index is -0.244. The highest BCUT2D eigenvalue weighted by atomic mass is 79.9. The van der Waals surface area contributed by atoms with Gasteiger partial charge in [0.1, 0.15) is 5.82 Å². The van der Waals surface area contributed by atoms with E-state index in [9.17, 15) is 4.39 Å². The van der Waals surface area contributed by atoms with Crippen LogP contribution in [0.2, 0.25) is 0 Å². The SMILES string of the molecule is NNC(c1ccc(F)cc1)c1ccc(Br)s1. The topological polar surface area (TPSA) is 38.0 Å². The summed E-state index contributed by atoms with van der Waals surface area (Å²) >= 11 is 5.00. The Labute approximate surface area is 105 Å². The molecular weight excluding hydrogens is 291 g/mol. The lowest BCUT2D eigenvalue weighted by Gasteiger charge is -2.14. The lowest BCUT2D eigenvalue weighted by atomic mass is 10.1. The molecule has 2 nitrogen and oxygen atoms in total. The summed E-state index contributed by atoms with van der Waals surface area (Å²) < 4.78 is 13.9. The maximum Gasteiger partial charge on any atom is 0.123 e. The molecule has 1 aromatic heterocycles. The van der Waals surface area contributed by atoms with Crippen LogP contribution in [-0.4, -0.2) is 0 Å². The molecule has 0 aliphatic rings. The van der Waals surface area contributed by atoms with E-state index in [0.29, 0.717) is 0 Å². The van der Waals surface area contributed by atoms with Crippen molar-refractivity contribution in [3.8, 4) is 0 Å². The molecule has 0 bridgehead atoms. The molecule has 0 amide bonds. The third kappa shape index (κ3) is 2.49. The molecule has 0 aliphatic heterocycles. The van der Waals surface area contributed by atoms with E-state index < -0.39 is 0 Å². The molecule has 0 aliphatic carbocycles. The molecule has 1 aromatic carbocycles. The second-order valence-electron chi connectivity index (χ2n) is 3.29. The number of benzene rings is 1. The Bertz CT molecular complexity index is 469. The zero-order valence-corrected chi connectivity index (χ0v) is 10.7. The molecule has 3 N–H and O–H groups in total. The van der Waals surface area contributed by atoms with Gasteiger partial charge in [-0.15, -0.1) is 11.3 Å². The first-order chi connectivity index (χ1) is 7.70. The third-order valence-corrected chi connectivity index (χ3v) is 3.94. The van der Waals surface area contributed by atoms with Crippen LogP contribution in [-0.2, 0) is 0 Å². The summed E-state index contributed by atoms with van der Waals surface area (Å²) in [5.41, 5.74) is 3.68. The molecule has 2 rings (SSSR count). The second-order valence-corrected chi connectivity index (χ2v) is 5.79. The predicted octanol–water partition coefficient (Wildman–Crippen LogP) is 3.20. The number of rotatable bonds is 3. The Hall–Kier alpha value is -0.750. The maximum atomic E-state index is 12.8. The van der Waals surface area contributed by atoms with Crippen molar-refractivity contribution in [2.45, 2.75) is 6.04 Å². The highest BCUT2D eigenvalue weighted by molar-refractivity contribution is 9.11. The van der Waals surface area contributed by atoms with Gasteiger partial charge in [-0.1, -0.05) is 12.1 Å². The zero-order valence-electron chi connectivity index (χ0n) is 8.28. The Kier molecular flexibility index (Phi) is 3.70. The number of hydrogen-bond acceptors (Lipinski definition) is 3. The van der Waals surface area contributed by atoms with E-state index in [0.717, 1.165) is 14.2 Å².